The molecule has 0 amide bonds. The molecular formula is C44H45F5N8O2. The molecule has 15 heteroatoms. The number of anilines is 1. The Morgan fingerprint density at radius 3 is 2.61 bits per heavy atom. The van der Waals surface area contributed by atoms with Gasteiger partial charge >= 0.3 is 12.2 Å². The largest absolute Gasteiger partial charge is 0.475 e. The van der Waals surface area contributed by atoms with Crippen molar-refractivity contribution in [3.8, 4) is 35.5 Å². The number of hydrogen-bond acceptors (Lipinski definition) is 10. The average Bonchev–Trinajstić information content (AvgIpc) is 3.78. The van der Waals surface area contributed by atoms with Crippen LogP contribution >= 0.6 is 0 Å². The predicted molar refractivity (Wildman–Crippen MR) is 213 cm³/mol. The first-order valence-electron chi connectivity index (χ1n) is 20.4. The van der Waals surface area contributed by atoms with Crippen molar-refractivity contribution < 1.29 is 31.4 Å². The van der Waals surface area contributed by atoms with Crippen molar-refractivity contribution in [2.45, 2.75) is 102 Å². The molecule has 5 aromatic rings. The number of fused-ring (bicyclic) bond motifs is 4. The van der Waals surface area contributed by atoms with E-state index in [1.807, 2.05) is 6.07 Å². The molecule has 0 bridgehead atoms. The molecule has 59 heavy (non-hydrogen) atoms. The van der Waals surface area contributed by atoms with Crippen LogP contribution in [-0.2, 0) is 12.6 Å². The summed E-state index contributed by atoms with van der Waals surface area (Å²) in [6, 6.07) is 8.66. The number of nitrogens with one attached hydrogen (secondary N) is 1. The van der Waals surface area contributed by atoms with Gasteiger partial charge in [-0.05, 0) is 75.8 Å². The van der Waals surface area contributed by atoms with E-state index in [9.17, 15) is 13.2 Å². The minimum Gasteiger partial charge on any atom is -0.475 e. The third-order valence-corrected chi connectivity index (χ3v) is 12.7. The summed E-state index contributed by atoms with van der Waals surface area (Å²) in [6.07, 6.45) is 8.46. The molecule has 4 aliphatic heterocycles. The minimum absolute atomic E-state index is 0.0239. The van der Waals surface area contributed by atoms with Crippen molar-refractivity contribution in [3.63, 3.8) is 0 Å². The normalized spacial score (nSPS) is 24.5. The highest BCUT2D eigenvalue weighted by Crippen LogP contribution is 2.45. The topological polar surface area (TPSA) is 101 Å². The van der Waals surface area contributed by atoms with Crippen LogP contribution in [-0.4, -0.2) is 85.8 Å². The molecule has 0 radical (unpaired) electrons. The van der Waals surface area contributed by atoms with Crippen LogP contribution in [0.3, 0.4) is 0 Å². The molecule has 4 aliphatic rings. The molecule has 5 atom stereocenters. The number of halogens is 5. The van der Waals surface area contributed by atoms with Gasteiger partial charge in [-0.1, -0.05) is 44.0 Å². The Morgan fingerprint density at radius 2 is 1.85 bits per heavy atom. The van der Waals surface area contributed by atoms with E-state index in [1.54, 1.807) is 18.2 Å². The molecule has 9 rings (SSSR count). The van der Waals surface area contributed by atoms with E-state index in [0.717, 1.165) is 51.3 Å². The van der Waals surface area contributed by atoms with E-state index in [0.29, 0.717) is 58.3 Å². The Morgan fingerprint density at radius 1 is 1.00 bits per heavy atom. The third kappa shape index (κ3) is 6.97. The van der Waals surface area contributed by atoms with Gasteiger partial charge in [-0.3, -0.25) is 4.90 Å². The molecule has 3 aromatic heterocycles. The number of hydrogen-bond donors (Lipinski definition) is 1. The van der Waals surface area contributed by atoms with E-state index in [2.05, 4.69) is 51.8 Å². The lowest BCUT2D eigenvalue weighted by molar-refractivity contribution is -0.141. The molecule has 1 N–H and O–H groups in total. The molecule has 308 valence electrons. The number of aryl methyl sites for hydroxylation is 1. The van der Waals surface area contributed by atoms with Gasteiger partial charge in [0.15, 0.2) is 11.5 Å². The third-order valence-electron chi connectivity index (χ3n) is 12.7. The van der Waals surface area contributed by atoms with Gasteiger partial charge in [0, 0.05) is 41.7 Å². The zero-order valence-corrected chi connectivity index (χ0v) is 33.1. The van der Waals surface area contributed by atoms with E-state index >= 15 is 8.78 Å². The molecule has 7 heterocycles. The fourth-order valence-electron chi connectivity index (χ4n) is 10.0. The highest BCUT2D eigenvalue weighted by atomic mass is 19.4. The Hall–Kier alpha value is -5.20. The maximum atomic E-state index is 17.5. The number of benzene rings is 2. The van der Waals surface area contributed by atoms with Gasteiger partial charge in [0.2, 0.25) is 5.88 Å². The first-order valence-corrected chi connectivity index (χ1v) is 20.4. The summed E-state index contributed by atoms with van der Waals surface area (Å²) in [7, 11) is 0. The van der Waals surface area contributed by atoms with E-state index in [1.165, 1.54) is 6.07 Å². The SMILES string of the molecule is C#Cc1c(F)ccc2cccc(-c3nc4c5c(nc(OC[C@@]67CCCN6[C@H](COc6cnc(C(F)(F)F)cn6)CC7)nc5c3F)N3C[C@@H](C)N[C@@H](C(C)C)[C@H]3CCC4)c12. The van der Waals surface area contributed by atoms with E-state index in [4.69, 9.17) is 30.8 Å². The zero-order chi connectivity index (χ0) is 41.2. The summed E-state index contributed by atoms with van der Waals surface area (Å²) in [6.45, 7) is 8.45. The van der Waals surface area contributed by atoms with Crippen LogP contribution in [0, 0.1) is 29.9 Å². The quantitative estimate of drug-likeness (QED) is 0.123. The first-order chi connectivity index (χ1) is 28.3. The van der Waals surface area contributed by atoms with Gasteiger partial charge < -0.3 is 19.7 Å². The van der Waals surface area contributed by atoms with Gasteiger partial charge in [-0.15, -0.1) is 6.42 Å². The highest BCUT2D eigenvalue weighted by Gasteiger charge is 2.50. The van der Waals surface area contributed by atoms with Gasteiger partial charge in [-0.2, -0.15) is 23.1 Å². The molecule has 0 aliphatic carbocycles. The molecule has 3 saturated heterocycles. The first kappa shape index (κ1) is 39.3. The summed E-state index contributed by atoms with van der Waals surface area (Å²) in [5.41, 5.74) is -0.236. The van der Waals surface area contributed by atoms with E-state index in [-0.39, 0.29) is 71.6 Å². The molecular weight excluding hydrogens is 768 g/mol. The Kier molecular flexibility index (Phi) is 10.1. The van der Waals surface area contributed by atoms with Crippen LogP contribution in [0.15, 0.2) is 42.7 Å². The number of piperazine rings is 1. The van der Waals surface area contributed by atoms with Crippen molar-refractivity contribution in [1.29, 1.82) is 0 Å². The second kappa shape index (κ2) is 15.1. The summed E-state index contributed by atoms with van der Waals surface area (Å²) in [4.78, 5) is 26.9. The molecule has 0 spiro atoms. The zero-order valence-electron chi connectivity index (χ0n) is 33.1. The summed E-state index contributed by atoms with van der Waals surface area (Å²) in [5, 5.41) is 5.43. The number of aromatic nitrogens is 5. The van der Waals surface area contributed by atoms with Gasteiger partial charge in [0.05, 0.1) is 34.6 Å². The Balaban J connectivity index is 1.10. The van der Waals surface area contributed by atoms with Crippen LogP contribution in [0.4, 0.5) is 27.8 Å². The van der Waals surface area contributed by atoms with Crippen LogP contribution in [0.2, 0.25) is 0 Å². The van der Waals surface area contributed by atoms with Crippen LogP contribution in [0.5, 0.6) is 11.9 Å². The van der Waals surface area contributed by atoms with Crippen molar-refractivity contribution >= 4 is 27.5 Å². The Labute approximate surface area is 339 Å². The fourth-order valence-corrected chi connectivity index (χ4v) is 10.0. The predicted octanol–water partition coefficient (Wildman–Crippen LogP) is 7.90. The number of nitrogens with zero attached hydrogens (tertiary/aromatic N) is 7. The van der Waals surface area contributed by atoms with E-state index < -0.39 is 23.5 Å². The highest BCUT2D eigenvalue weighted by molar-refractivity contribution is 6.02. The molecule has 3 fully saturated rings. The van der Waals surface area contributed by atoms with Crippen molar-refractivity contribution in [2.75, 3.05) is 31.2 Å². The second-order valence-corrected chi connectivity index (χ2v) is 16.7. The summed E-state index contributed by atoms with van der Waals surface area (Å²) < 4.78 is 84.2. The van der Waals surface area contributed by atoms with Gasteiger partial charge in [0.25, 0.3) is 0 Å². The number of pyridine rings is 1. The fraction of sp³-hybridized carbons (Fsp3) is 0.477. The summed E-state index contributed by atoms with van der Waals surface area (Å²) in [5.74, 6) is 2.18. The number of alkyl halides is 3. The molecule has 0 unspecified atom stereocenters. The number of ether oxygens (including phenoxy) is 2. The summed E-state index contributed by atoms with van der Waals surface area (Å²) >= 11 is 0. The lowest BCUT2D eigenvalue weighted by atomic mass is 9.86. The van der Waals surface area contributed by atoms with Gasteiger partial charge in [-0.25, -0.2) is 23.7 Å². The van der Waals surface area contributed by atoms with Crippen molar-refractivity contribution in [2.24, 2.45) is 5.92 Å². The number of terminal acetylenes is 1. The molecule has 0 saturated carbocycles. The van der Waals surface area contributed by atoms with Crippen LogP contribution in [0.1, 0.15) is 76.2 Å². The maximum Gasteiger partial charge on any atom is 0.434 e. The average molecular weight is 813 g/mol. The second-order valence-electron chi connectivity index (χ2n) is 16.7. The molecule has 10 nitrogen and oxygen atoms in total. The molecule has 2 aromatic carbocycles. The maximum absolute atomic E-state index is 17.5. The van der Waals surface area contributed by atoms with Crippen LogP contribution in [0.25, 0.3) is 32.9 Å². The smallest absolute Gasteiger partial charge is 0.434 e. The van der Waals surface area contributed by atoms with Crippen LogP contribution < -0.4 is 19.7 Å². The monoisotopic (exact) mass is 812 g/mol. The lowest BCUT2D eigenvalue weighted by Crippen LogP contribution is -2.63. The van der Waals surface area contributed by atoms with Crippen molar-refractivity contribution in [3.05, 3.63) is 71.3 Å². The van der Waals surface area contributed by atoms with Gasteiger partial charge in [0.1, 0.15) is 36.1 Å². The standard InChI is InChI=1S/C44H45F5N8O2/c1-5-28-30(45)14-13-26-9-6-10-29(35(26)28)39-37(46)40-36-31(53-39)11-7-12-32-38(24(2)3)52-25(4)21-56(32)41(36)55-42(54-40)59-23-43-16-8-18-57(43)27(15-17-43)22-58-34-20-50-33(19-51-34)44(47,48)49/h1,6,9-10,13-14,19-20,24-25,27,32,38,52H,7-8,11-12,15-18,21-23H2,2-4H3/t25-,27+,32-,38+,43+/m1/s1. The Bertz CT molecular complexity index is 2460. The lowest BCUT2D eigenvalue weighted by Gasteiger charge is -2.48. The minimum atomic E-state index is -4.59. The van der Waals surface area contributed by atoms with Crippen molar-refractivity contribution in [1.82, 2.24) is 35.1 Å². The number of rotatable bonds is 8.